The van der Waals surface area contributed by atoms with Crippen molar-refractivity contribution >= 4 is 49.1 Å². The number of hydrogen-bond acceptors (Lipinski definition) is 6. The van der Waals surface area contributed by atoms with E-state index in [1.807, 2.05) is 0 Å². The molecule has 0 aromatic heterocycles. The topological polar surface area (TPSA) is 95.7 Å². The highest BCUT2D eigenvalue weighted by molar-refractivity contribution is 9.11. The first-order valence-electron chi connectivity index (χ1n) is 11.7. The monoisotopic (exact) mass is 655 g/mol. The molecule has 0 atom stereocenters. The van der Waals surface area contributed by atoms with Gasteiger partial charge in [-0.25, -0.2) is 0 Å². The first-order chi connectivity index (χ1) is 18.0. The van der Waals surface area contributed by atoms with Crippen LogP contribution in [0.4, 0.5) is 18.9 Å². The molecule has 0 fully saturated rings. The third-order valence-corrected chi connectivity index (χ3v) is 7.73. The molecule has 12 heteroatoms. The third-order valence-electron chi connectivity index (χ3n) is 6.68. The molecule has 3 aliphatic rings. The van der Waals surface area contributed by atoms with Gasteiger partial charge in [-0.3, -0.25) is 19.7 Å². The zero-order valence-corrected chi connectivity index (χ0v) is 22.7. The van der Waals surface area contributed by atoms with Crippen LogP contribution in [0.3, 0.4) is 0 Å². The van der Waals surface area contributed by atoms with E-state index in [4.69, 9.17) is 9.47 Å². The Kier molecular flexibility index (Phi) is 6.97. The van der Waals surface area contributed by atoms with Crippen LogP contribution in [-0.4, -0.2) is 16.5 Å². The van der Waals surface area contributed by atoms with Gasteiger partial charge in [0, 0.05) is 52.9 Å². The number of allylic oxidation sites excluding steroid dienone is 4. The number of hydrogen-bond donors (Lipinski definition) is 0. The number of halogens is 5. The average Bonchev–Trinajstić information content (AvgIpc) is 2.84. The van der Waals surface area contributed by atoms with Crippen LogP contribution in [0, 0.1) is 10.1 Å². The molecule has 0 amide bonds. The SMILES string of the molecule is O=C1CCCC2=C1C(c1cc(Br)cc(Br)c1Oc1ccc(C(F)(F)F)cc1[N+](=O)[O-])C1=C(CCCC1=O)O2. The van der Waals surface area contributed by atoms with Crippen LogP contribution in [-0.2, 0) is 20.5 Å². The molecule has 7 nitrogen and oxygen atoms in total. The van der Waals surface area contributed by atoms with E-state index in [0.29, 0.717) is 75.0 Å². The number of nitro groups is 1. The summed E-state index contributed by atoms with van der Waals surface area (Å²) in [5.74, 6) is -0.616. The number of ether oxygens (including phenoxy) is 2. The number of nitrogens with zero attached hydrogens (tertiary/aromatic N) is 1. The molecule has 198 valence electrons. The van der Waals surface area contributed by atoms with Gasteiger partial charge in [0.1, 0.15) is 17.3 Å². The minimum absolute atomic E-state index is 0.0402. The molecule has 38 heavy (non-hydrogen) atoms. The van der Waals surface area contributed by atoms with Gasteiger partial charge in [0.15, 0.2) is 11.6 Å². The number of carbonyl (C=O) groups excluding carboxylic acids is 2. The molecule has 0 N–H and O–H groups in total. The van der Waals surface area contributed by atoms with Crippen molar-refractivity contribution < 1.29 is 37.2 Å². The fraction of sp³-hybridized carbons (Fsp3) is 0.308. The van der Waals surface area contributed by atoms with Crippen LogP contribution in [0.5, 0.6) is 11.5 Å². The van der Waals surface area contributed by atoms with Crippen molar-refractivity contribution in [2.24, 2.45) is 0 Å². The highest BCUT2D eigenvalue weighted by atomic mass is 79.9. The molecule has 0 saturated heterocycles. The van der Waals surface area contributed by atoms with Gasteiger partial charge in [0.25, 0.3) is 0 Å². The lowest BCUT2D eigenvalue weighted by Gasteiger charge is -2.36. The van der Waals surface area contributed by atoms with Crippen molar-refractivity contribution in [1.82, 2.24) is 0 Å². The molecule has 2 aliphatic carbocycles. The van der Waals surface area contributed by atoms with Crippen molar-refractivity contribution in [2.45, 2.75) is 50.6 Å². The van der Waals surface area contributed by atoms with Crippen LogP contribution in [0.25, 0.3) is 0 Å². The summed E-state index contributed by atoms with van der Waals surface area (Å²) < 4.78 is 52.6. The smallest absolute Gasteiger partial charge is 0.416 e. The number of Topliss-reactive ketones (excluding diaryl/α,β-unsaturated/α-hetero) is 2. The molecule has 2 aromatic rings. The molecule has 0 bridgehead atoms. The van der Waals surface area contributed by atoms with E-state index in [1.165, 1.54) is 0 Å². The summed E-state index contributed by atoms with van der Waals surface area (Å²) in [5.41, 5.74) is -1.05. The molecular weight excluding hydrogens is 639 g/mol. The lowest BCUT2D eigenvalue weighted by molar-refractivity contribution is -0.385. The Bertz CT molecular complexity index is 1420. The van der Waals surface area contributed by atoms with Crippen molar-refractivity contribution in [3.05, 3.63) is 83.2 Å². The third kappa shape index (κ3) is 4.79. The minimum Gasteiger partial charge on any atom is -0.465 e. The van der Waals surface area contributed by atoms with Crippen LogP contribution in [0.1, 0.15) is 55.6 Å². The Morgan fingerprint density at radius 2 is 1.55 bits per heavy atom. The maximum atomic E-state index is 13.2. The molecule has 0 unspecified atom stereocenters. The summed E-state index contributed by atoms with van der Waals surface area (Å²) in [6.45, 7) is 0. The van der Waals surface area contributed by atoms with E-state index in [1.54, 1.807) is 12.1 Å². The molecule has 1 aliphatic heterocycles. The van der Waals surface area contributed by atoms with E-state index >= 15 is 0 Å². The molecule has 0 spiro atoms. The number of rotatable bonds is 4. The first-order valence-corrected chi connectivity index (χ1v) is 13.3. The number of benzene rings is 2. The van der Waals surface area contributed by atoms with Crippen LogP contribution < -0.4 is 4.74 Å². The van der Waals surface area contributed by atoms with Gasteiger partial charge in [-0.1, -0.05) is 15.9 Å². The summed E-state index contributed by atoms with van der Waals surface area (Å²) in [5, 5.41) is 11.7. The normalized spacial score (nSPS) is 18.2. The van der Waals surface area contributed by atoms with Gasteiger partial charge in [0.05, 0.1) is 20.9 Å². The quantitative estimate of drug-likeness (QED) is 0.244. The Morgan fingerprint density at radius 3 is 2.11 bits per heavy atom. The van der Waals surface area contributed by atoms with Gasteiger partial charge in [-0.2, -0.15) is 13.2 Å². The van der Waals surface area contributed by atoms with Gasteiger partial charge in [0.2, 0.25) is 5.75 Å². The molecular formula is C26H18Br2F3NO6. The number of ketones is 2. The Labute approximate surface area is 231 Å². The second kappa shape index (κ2) is 9.96. The van der Waals surface area contributed by atoms with Gasteiger partial charge in [-0.15, -0.1) is 0 Å². The predicted octanol–water partition coefficient (Wildman–Crippen LogP) is 8.06. The highest BCUT2D eigenvalue weighted by Crippen LogP contribution is 2.52. The van der Waals surface area contributed by atoms with Crippen molar-refractivity contribution in [3.8, 4) is 11.5 Å². The van der Waals surface area contributed by atoms with Crippen molar-refractivity contribution in [2.75, 3.05) is 0 Å². The second-order valence-electron chi connectivity index (χ2n) is 9.11. The van der Waals surface area contributed by atoms with Crippen molar-refractivity contribution in [3.63, 3.8) is 0 Å². The summed E-state index contributed by atoms with van der Waals surface area (Å²) in [6.07, 6.45) is -2.02. The van der Waals surface area contributed by atoms with E-state index in [0.717, 1.165) is 6.07 Å². The number of carbonyl (C=O) groups is 2. The summed E-state index contributed by atoms with van der Waals surface area (Å²) in [7, 11) is 0. The number of nitro benzene ring substituents is 1. The molecule has 1 heterocycles. The molecule has 2 aromatic carbocycles. The zero-order valence-electron chi connectivity index (χ0n) is 19.5. The van der Waals surface area contributed by atoms with E-state index < -0.39 is 34.0 Å². The molecule has 5 rings (SSSR count). The summed E-state index contributed by atoms with van der Waals surface area (Å²) >= 11 is 6.82. The average molecular weight is 657 g/mol. The van der Waals surface area contributed by atoms with Crippen molar-refractivity contribution in [1.29, 1.82) is 0 Å². The lowest BCUT2D eigenvalue weighted by Crippen LogP contribution is -2.30. The lowest BCUT2D eigenvalue weighted by atomic mass is 9.73. The second-order valence-corrected chi connectivity index (χ2v) is 10.9. The fourth-order valence-electron chi connectivity index (χ4n) is 5.06. The van der Waals surface area contributed by atoms with Gasteiger partial charge in [-0.05, 0) is 53.0 Å². The van der Waals surface area contributed by atoms with E-state index in [2.05, 4.69) is 31.9 Å². The summed E-state index contributed by atoms with van der Waals surface area (Å²) in [4.78, 5) is 37.1. The van der Waals surface area contributed by atoms with Crippen LogP contribution in [0.15, 0.2) is 61.9 Å². The van der Waals surface area contributed by atoms with E-state index in [9.17, 15) is 32.9 Å². The molecule has 0 saturated carbocycles. The first kappa shape index (κ1) is 26.6. The Hall–Kier alpha value is -2.99. The zero-order chi connectivity index (χ0) is 27.4. The van der Waals surface area contributed by atoms with Gasteiger partial charge >= 0.3 is 11.9 Å². The summed E-state index contributed by atoms with van der Waals surface area (Å²) in [6, 6.07) is 5.23. The fourth-order valence-corrected chi connectivity index (χ4v) is 6.40. The van der Waals surface area contributed by atoms with Gasteiger partial charge < -0.3 is 9.47 Å². The maximum Gasteiger partial charge on any atom is 0.416 e. The Morgan fingerprint density at radius 1 is 0.947 bits per heavy atom. The Balaban J connectivity index is 1.71. The molecule has 0 radical (unpaired) electrons. The van der Waals surface area contributed by atoms with Crippen LogP contribution >= 0.6 is 31.9 Å². The maximum absolute atomic E-state index is 13.2. The minimum atomic E-state index is -4.79. The van der Waals surface area contributed by atoms with E-state index in [-0.39, 0.29) is 30.2 Å². The number of alkyl halides is 3. The predicted molar refractivity (Wildman–Crippen MR) is 136 cm³/mol. The largest absolute Gasteiger partial charge is 0.465 e. The highest BCUT2D eigenvalue weighted by Gasteiger charge is 2.43. The van der Waals surface area contributed by atoms with Crippen LogP contribution in [0.2, 0.25) is 0 Å². The standard InChI is InChI=1S/C26H18Br2F3NO6/c27-13-10-14(22-23-17(33)3-1-5-20(23)37-21-6-2-4-18(34)24(21)22)25(15(28)11-13)38-19-8-7-12(26(29,30)31)9-16(19)32(35)36/h7-11,22H,1-6H2.